The molecule has 5 aromatic rings. The number of methoxy groups -OCH3 is 1. The molecule has 9 heteroatoms. The SMILES string of the molecule is COc1ncnn2ccc(-c3cnc4nc(C)n(Cc5cccnc5F)c4c3)c12. The van der Waals surface area contributed by atoms with E-state index in [9.17, 15) is 4.39 Å². The molecule has 0 fully saturated rings. The summed E-state index contributed by atoms with van der Waals surface area (Å²) >= 11 is 0. The van der Waals surface area contributed by atoms with E-state index in [-0.39, 0.29) is 0 Å². The topological polar surface area (TPSA) is 83.0 Å². The average Bonchev–Trinajstić information content (AvgIpc) is 3.30. The molecule has 0 spiro atoms. The Hall–Kier alpha value is -3.88. The number of imidazole rings is 1. The van der Waals surface area contributed by atoms with Crippen LogP contribution in [-0.4, -0.2) is 41.2 Å². The van der Waals surface area contributed by atoms with E-state index >= 15 is 0 Å². The Morgan fingerprint density at radius 3 is 2.90 bits per heavy atom. The Morgan fingerprint density at radius 1 is 1.17 bits per heavy atom. The summed E-state index contributed by atoms with van der Waals surface area (Å²) in [5, 5.41) is 4.22. The van der Waals surface area contributed by atoms with E-state index in [0.29, 0.717) is 23.6 Å². The molecule has 0 radical (unpaired) electrons. The first kappa shape index (κ1) is 17.2. The molecule has 29 heavy (non-hydrogen) atoms. The van der Waals surface area contributed by atoms with Gasteiger partial charge in [-0.1, -0.05) is 6.07 Å². The highest BCUT2D eigenvalue weighted by Crippen LogP contribution is 2.31. The Kier molecular flexibility index (Phi) is 3.94. The normalized spacial score (nSPS) is 11.4. The molecule has 8 nitrogen and oxygen atoms in total. The van der Waals surface area contributed by atoms with Crippen LogP contribution in [0.4, 0.5) is 4.39 Å². The molecule has 144 valence electrons. The van der Waals surface area contributed by atoms with Crippen LogP contribution in [0.3, 0.4) is 0 Å². The average molecular weight is 389 g/mol. The van der Waals surface area contributed by atoms with Crippen molar-refractivity contribution in [2.75, 3.05) is 7.11 Å². The third-order valence-corrected chi connectivity index (χ3v) is 4.89. The lowest BCUT2D eigenvalue weighted by molar-refractivity contribution is 0.399. The van der Waals surface area contributed by atoms with E-state index in [4.69, 9.17) is 4.74 Å². The van der Waals surface area contributed by atoms with Gasteiger partial charge in [0.2, 0.25) is 11.8 Å². The summed E-state index contributed by atoms with van der Waals surface area (Å²) in [6.45, 7) is 2.19. The van der Waals surface area contributed by atoms with Gasteiger partial charge in [-0.25, -0.2) is 19.5 Å². The Morgan fingerprint density at radius 2 is 2.07 bits per heavy atom. The zero-order valence-corrected chi connectivity index (χ0v) is 15.7. The smallest absolute Gasteiger partial charge is 0.241 e. The number of hydrogen-bond donors (Lipinski definition) is 0. The van der Waals surface area contributed by atoms with Crippen molar-refractivity contribution in [2.45, 2.75) is 13.5 Å². The minimum absolute atomic E-state index is 0.316. The maximum atomic E-state index is 14.1. The molecule has 0 aliphatic carbocycles. The molecular weight excluding hydrogens is 373 g/mol. The van der Waals surface area contributed by atoms with E-state index in [2.05, 4.69) is 25.0 Å². The largest absolute Gasteiger partial charge is 0.479 e. The summed E-state index contributed by atoms with van der Waals surface area (Å²) in [4.78, 5) is 17.0. The predicted molar refractivity (Wildman–Crippen MR) is 104 cm³/mol. The number of nitrogens with zero attached hydrogens (tertiary/aromatic N) is 7. The van der Waals surface area contributed by atoms with Crippen molar-refractivity contribution in [3.8, 4) is 17.0 Å². The highest BCUT2D eigenvalue weighted by Gasteiger charge is 2.16. The molecule has 5 rings (SSSR count). The molecule has 0 atom stereocenters. The summed E-state index contributed by atoms with van der Waals surface area (Å²) in [6, 6.07) is 7.35. The number of aryl methyl sites for hydroxylation is 1. The molecule has 0 N–H and O–H groups in total. The van der Waals surface area contributed by atoms with Crippen molar-refractivity contribution in [3.63, 3.8) is 0 Å². The number of halogens is 1. The monoisotopic (exact) mass is 389 g/mol. The van der Waals surface area contributed by atoms with Crippen LogP contribution in [0.25, 0.3) is 27.8 Å². The molecular formula is C20H16FN7O. The lowest BCUT2D eigenvalue weighted by Crippen LogP contribution is -2.05. The van der Waals surface area contributed by atoms with Crippen molar-refractivity contribution >= 4 is 16.7 Å². The van der Waals surface area contributed by atoms with Crippen LogP contribution in [-0.2, 0) is 6.54 Å². The summed E-state index contributed by atoms with van der Waals surface area (Å²) in [7, 11) is 1.57. The highest BCUT2D eigenvalue weighted by molar-refractivity contribution is 5.87. The zero-order chi connectivity index (χ0) is 20.0. The van der Waals surface area contributed by atoms with E-state index < -0.39 is 5.95 Å². The van der Waals surface area contributed by atoms with Gasteiger partial charge in [0.25, 0.3) is 0 Å². The first-order valence-corrected chi connectivity index (χ1v) is 8.94. The van der Waals surface area contributed by atoms with Crippen molar-refractivity contribution in [2.24, 2.45) is 0 Å². The fourth-order valence-corrected chi connectivity index (χ4v) is 3.48. The minimum Gasteiger partial charge on any atom is -0.479 e. The third-order valence-electron chi connectivity index (χ3n) is 4.89. The van der Waals surface area contributed by atoms with Crippen molar-refractivity contribution < 1.29 is 9.13 Å². The van der Waals surface area contributed by atoms with Gasteiger partial charge in [0, 0.05) is 35.3 Å². The van der Waals surface area contributed by atoms with Gasteiger partial charge < -0.3 is 9.30 Å². The van der Waals surface area contributed by atoms with Crippen LogP contribution in [0, 0.1) is 12.9 Å². The molecule has 0 aliphatic heterocycles. The van der Waals surface area contributed by atoms with Crippen molar-refractivity contribution in [3.05, 3.63) is 66.5 Å². The summed E-state index contributed by atoms with van der Waals surface area (Å²) in [6.07, 6.45) is 6.47. The van der Waals surface area contributed by atoms with Crippen LogP contribution in [0.2, 0.25) is 0 Å². The lowest BCUT2D eigenvalue weighted by atomic mass is 10.1. The molecule has 0 aliphatic rings. The number of pyridine rings is 2. The Balaban J connectivity index is 1.67. The number of rotatable bonds is 4. The van der Waals surface area contributed by atoms with Gasteiger partial charge in [0.1, 0.15) is 17.7 Å². The number of ether oxygens (including phenoxy) is 1. The maximum Gasteiger partial charge on any atom is 0.241 e. The van der Waals surface area contributed by atoms with Gasteiger partial charge in [0.15, 0.2) is 5.65 Å². The molecule has 0 amide bonds. The van der Waals surface area contributed by atoms with Gasteiger partial charge >= 0.3 is 0 Å². The summed E-state index contributed by atoms with van der Waals surface area (Å²) in [5.74, 6) is 0.732. The van der Waals surface area contributed by atoms with E-state index in [1.54, 1.807) is 30.0 Å². The second-order valence-electron chi connectivity index (χ2n) is 6.56. The summed E-state index contributed by atoms with van der Waals surface area (Å²) in [5.41, 5.74) is 4.39. The van der Waals surface area contributed by atoms with E-state index in [1.807, 2.05) is 29.8 Å². The lowest BCUT2D eigenvalue weighted by Gasteiger charge is -2.08. The predicted octanol–water partition coefficient (Wildman–Crippen LogP) is 3.04. The Labute approximate surface area is 164 Å². The van der Waals surface area contributed by atoms with Gasteiger partial charge in [0.05, 0.1) is 19.2 Å². The standard InChI is InChI=1S/C20H16FN7O/c1-12-26-19-16(27(12)10-13-4-3-6-22-18(13)21)8-14(9-23-19)15-5-7-28-17(15)20(29-2)24-11-25-28/h3-9,11H,10H2,1-2H3. The first-order chi connectivity index (χ1) is 14.2. The van der Waals surface area contributed by atoms with Gasteiger partial charge in [-0.05, 0) is 25.1 Å². The molecule has 5 aromatic heterocycles. The molecule has 0 saturated heterocycles. The van der Waals surface area contributed by atoms with Crippen LogP contribution < -0.4 is 4.74 Å². The Bertz CT molecular complexity index is 1360. The van der Waals surface area contributed by atoms with Gasteiger partial charge in [-0.3, -0.25) is 0 Å². The number of fused-ring (bicyclic) bond motifs is 2. The maximum absolute atomic E-state index is 14.1. The molecule has 0 bridgehead atoms. The van der Waals surface area contributed by atoms with E-state index in [1.165, 1.54) is 12.5 Å². The highest BCUT2D eigenvalue weighted by atomic mass is 19.1. The van der Waals surface area contributed by atoms with Gasteiger partial charge in [-0.15, -0.1) is 0 Å². The second-order valence-corrected chi connectivity index (χ2v) is 6.56. The van der Waals surface area contributed by atoms with Crippen LogP contribution >= 0.6 is 0 Å². The third kappa shape index (κ3) is 2.78. The number of aromatic nitrogens is 7. The van der Waals surface area contributed by atoms with Crippen LogP contribution in [0.15, 0.2) is 49.2 Å². The zero-order valence-electron chi connectivity index (χ0n) is 15.7. The number of hydrogen-bond acceptors (Lipinski definition) is 6. The molecule has 0 aromatic carbocycles. The van der Waals surface area contributed by atoms with Crippen LogP contribution in [0.5, 0.6) is 5.88 Å². The second kappa shape index (κ2) is 6.62. The molecule has 5 heterocycles. The quantitative estimate of drug-likeness (QED) is 0.440. The van der Waals surface area contributed by atoms with Gasteiger partial charge in [-0.2, -0.15) is 14.5 Å². The first-order valence-electron chi connectivity index (χ1n) is 8.94. The molecule has 0 saturated carbocycles. The van der Waals surface area contributed by atoms with Crippen molar-refractivity contribution in [1.82, 2.24) is 34.1 Å². The minimum atomic E-state index is -0.488. The fraction of sp³-hybridized carbons (Fsp3) is 0.150. The van der Waals surface area contributed by atoms with E-state index in [0.717, 1.165) is 28.0 Å². The van der Waals surface area contributed by atoms with Crippen molar-refractivity contribution in [1.29, 1.82) is 0 Å². The fourth-order valence-electron chi connectivity index (χ4n) is 3.48. The van der Waals surface area contributed by atoms with Crippen LogP contribution in [0.1, 0.15) is 11.4 Å². The summed E-state index contributed by atoms with van der Waals surface area (Å²) < 4.78 is 23.1. The molecule has 0 unspecified atom stereocenters.